The third-order valence-electron chi connectivity index (χ3n) is 6.87. The summed E-state index contributed by atoms with van der Waals surface area (Å²) in [7, 11) is 0. The standard InChI is InChI=1S/C21H25ClN6O3/c1-21(4-5-21)8-17(29)20(31)27-10-13-7-15(13)18(27)19(30)23-9-12-6-14(22)2-3-16(12)28-11-24-25-26-28/h2-3,6,11,13,15,17-18,29H,4-5,7-10H2,1H3,(H,23,30)/t13-,15-,17-,18+/m1/s1. The highest BCUT2D eigenvalue weighted by Gasteiger charge is 2.57. The summed E-state index contributed by atoms with van der Waals surface area (Å²) in [4.78, 5) is 27.6. The van der Waals surface area contributed by atoms with E-state index in [1.807, 2.05) is 0 Å². The molecule has 2 saturated carbocycles. The smallest absolute Gasteiger partial charge is 0.252 e. The van der Waals surface area contributed by atoms with Crippen LogP contribution >= 0.6 is 11.6 Å². The Bertz CT molecular complexity index is 1010. The molecule has 2 N–H and O–H groups in total. The second-order valence-corrected chi connectivity index (χ2v) is 9.81. The number of rotatable bonds is 7. The maximum Gasteiger partial charge on any atom is 0.252 e. The van der Waals surface area contributed by atoms with Gasteiger partial charge in [-0.25, -0.2) is 4.68 Å². The summed E-state index contributed by atoms with van der Waals surface area (Å²) in [6, 6.07) is 4.75. The number of nitrogens with zero attached hydrogens (tertiary/aromatic N) is 5. The van der Waals surface area contributed by atoms with E-state index in [2.05, 4.69) is 27.8 Å². The van der Waals surface area contributed by atoms with Gasteiger partial charge in [0.15, 0.2) is 0 Å². The highest BCUT2D eigenvalue weighted by Crippen LogP contribution is 2.51. The van der Waals surface area contributed by atoms with Gasteiger partial charge in [0, 0.05) is 18.1 Å². The molecular formula is C21H25ClN6O3. The Labute approximate surface area is 184 Å². The van der Waals surface area contributed by atoms with Crippen LogP contribution in [0.15, 0.2) is 24.5 Å². The number of fused-ring (bicyclic) bond motifs is 1. The molecule has 2 aromatic rings. The Morgan fingerprint density at radius 2 is 2.19 bits per heavy atom. The molecule has 2 amide bonds. The summed E-state index contributed by atoms with van der Waals surface area (Å²) in [6.07, 6.45) is 3.92. The van der Waals surface area contributed by atoms with E-state index in [9.17, 15) is 14.7 Å². The number of hydrogen-bond donors (Lipinski definition) is 2. The van der Waals surface area contributed by atoms with Crippen LogP contribution in [0.3, 0.4) is 0 Å². The normalized spacial score (nSPS) is 26.3. The van der Waals surface area contributed by atoms with Crippen LogP contribution in [0.4, 0.5) is 0 Å². The van der Waals surface area contributed by atoms with Crippen LogP contribution in [-0.4, -0.2) is 60.7 Å². The van der Waals surface area contributed by atoms with Gasteiger partial charge in [0.1, 0.15) is 18.5 Å². The zero-order chi connectivity index (χ0) is 21.8. The lowest BCUT2D eigenvalue weighted by Gasteiger charge is -2.29. The highest BCUT2D eigenvalue weighted by atomic mass is 35.5. The van der Waals surface area contributed by atoms with Gasteiger partial charge in [0.2, 0.25) is 5.91 Å². The first-order valence-corrected chi connectivity index (χ1v) is 11.0. The van der Waals surface area contributed by atoms with Gasteiger partial charge in [-0.2, -0.15) is 0 Å². The number of likely N-dealkylation sites (tertiary alicyclic amines) is 1. The average molecular weight is 445 g/mol. The van der Waals surface area contributed by atoms with Crippen molar-refractivity contribution in [3.63, 3.8) is 0 Å². The molecule has 10 heteroatoms. The van der Waals surface area contributed by atoms with Gasteiger partial charge in [-0.1, -0.05) is 18.5 Å². The van der Waals surface area contributed by atoms with Crippen molar-refractivity contribution in [2.24, 2.45) is 17.3 Å². The van der Waals surface area contributed by atoms with Gasteiger partial charge in [-0.3, -0.25) is 9.59 Å². The number of carbonyl (C=O) groups is 2. The molecule has 31 heavy (non-hydrogen) atoms. The number of nitrogens with one attached hydrogen (secondary N) is 1. The van der Waals surface area contributed by atoms with Gasteiger partial charge < -0.3 is 15.3 Å². The van der Waals surface area contributed by atoms with Crippen molar-refractivity contribution in [1.82, 2.24) is 30.4 Å². The van der Waals surface area contributed by atoms with Crippen LogP contribution < -0.4 is 5.32 Å². The summed E-state index contributed by atoms with van der Waals surface area (Å²) in [5.41, 5.74) is 1.54. The van der Waals surface area contributed by atoms with Crippen molar-refractivity contribution in [3.05, 3.63) is 35.1 Å². The molecule has 2 aliphatic carbocycles. The quantitative estimate of drug-likeness (QED) is 0.666. The molecule has 0 bridgehead atoms. The minimum absolute atomic E-state index is 0.0642. The van der Waals surface area contributed by atoms with Gasteiger partial charge in [0.25, 0.3) is 5.91 Å². The second-order valence-electron chi connectivity index (χ2n) is 9.37. The molecule has 3 fully saturated rings. The number of carbonyl (C=O) groups excluding carboxylic acids is 2. The maximum atomic E-state index is 13.1. The first-order valence-electron chi connectivity index (χ1n) is 10.6. The number of aliphatic hydroxyl groups excluding tert-OH is 1. The molecule has 2 heterocycles. The molecule has 1 aliphatic heterocycles. The number of piperidine rings is 1. The highest BCUT2D eigenvalue weighted by molar-refractivity contribution is 6.30. The maximum absolute atomic E-state index is 13.1. The summed E-state index contributed by atoms with van der Waals surface area (Å²) in [5.74, 6) is 0.000748. The van der Waals surface area contributed by atoms with Crippen molar-refractivity contribution in [3.8, 4) is 5.69 Å². The molecule has 5 rings (SSSR count). The molecule has 9 nitrogen and oxygen atoms in total. The zero-order valence-electron chi connectivity index (χ0n) is 17.2. The lowest BCUT2D eigenvalue weighted by Crippen LogP contribution is -2.51. The second kappa shape index (κ2) is 7.56. The van der Waals surface area contributed by atoms with E-state index >= 15 is 0 Å². The molecular weight excluding hydrogens is 420 g/mol. The van der Waals surface area contributed by atoms with E-state index in [0.717, 1.165) is 24.8 Å². The number of aromatic nitrogens is 4. The Morgan fingerprint density at radius 3 is 2.90 bits per heavy atom. The minimum atomic E-state index is -1.04. The van der Waals surface area contributed by atoms with E-state index in [4.69, 9.17) is 11.6 Å². The summed E-state index contributed by atoms with van der Waals surface area (Å²) in [5, 5.41) is 25.2. The first kappa shape index (κ1) is 20.4. The average Bonchev–Trinajstić information content (AvgIpc) is 3.54. The van der Waals surface area contributed by atoms with Gasteiger partial charge >= 0.3 is 0 Å². The number of benzene rings is 1. The van der Waals surface area contributed by atoms with Gasteiger partial charge in [-0.05, 0) is 77.1 Å². The number of halogens is 1. The fourth-order valence-corrected chi connectivity index (χ4v) is 4.86. The Balaban J connectivity index is 1.28. The number of tetrazole rings is 1. The Morgan fingerprint density at radius 1 is 1.39 bits per heavy atom. The van der Waals surface area contributed by atoms with Gasteiger partial charge in [-0.15, -0.1) is 5.10 Å². The summed E-state index contributed by atoms with van der Waals surface area (Å²) >= 11 is 6.15. The first-order chi connectivity index (χ1) is 14.8. The SMILES string of the molecule is CC1(C[C@@H](O)C(=O)N2C[C@H]3C[C@H]3[C@H]2C(=O)NCc2cc(Cl)ccc2-n2cnnn2)CC1. The Kier molecular flexibility index (Phi) is 4.97. The van der Waals surface area contributed by atoms with Crippen molar-refractivity contribution in [1.29, 1.82) is 0 Å². The van der Waals surface area contributed by atoms with Crippen LogP contribution in [0, 0.1) is 17.3 Å². The van der Waals surface area contributed by atoms with Crippen LogP contribution in [0.5, 0.6) is 0 Å². The summed E-state index contributed by atoms with van der Waals surface area (Å²) < 4.78 is 1.51. The molecule has 0 unspecified atom stereocenters. The fourth-order valence-electron chi connectivity index (χ4n) is 4.67. The van der Waals surface area contributed by atoms with Crippen molar-refractivity contribution >= 4 is 23.4 Å². The molecule has 3 aliphatic rings. The lowest BCUT2D eigenvalue weighted by atomic mass is 9.99. The van der Waals surface area contributed by atoms with Crippen molar-refractivity contribution < 1.29 is 14.7 Å². The molecule has 1 aromatic carbocycles. The van der Waals surface area contributed by atoms with E-state index in [-0.39, 0.29) is 29.7 Å². The lowest BCUT2D eigenvalue weighted by molar-refractivity contribution is -0.147. The molecule has 164 valence electrons. The topological polar surface area (TPSA) is 113 Å². The fraction of sp³-hybridized carbons (Fsp3) is 0.571. The zero-order valence-corrected chi connectivity index (χ0v) is 18.0. The van der Waals surface area contributed by atoms with Crippen LogP contribution in [0.2, 0.25) is 5.02 Å². The van der Waals surface area contributed by atoms with Crippen LogP contribution in [-0.2, 0) is 16.1 Å². The summed E-state index contributed by atoms with van der Waals surface area (Å²) in [6.45, 7) is 2.86. The largest absolute Gasteiger partial charge is 0.383 e. The number of hydrogen-bond acceptors (Lipinski definition) is 6. The number of aliphatic hydroxyl groups is 1. The third kappa shape index (κ3) is 4.04. The predicted molar refractivity (Wildman–Crippen MR) is 111 cm³/mol. The van der Waals surface area contributed by atoms with Gasteiger partial charge in [0.05, 0.1) is 5.69 Å². The van der Waals surface area contributed by atoms with Crippen molar-refractivity contribution in [2.75, 3.05) is 6.54 Å². The van der Waals surface area contributed by atoms with E-state index < -0.39 is 12.1 Å². The van der Waals surface area contributed by atoms with E-state index in [1.165, 1.54) is 11.0 Å². The van der Waals surface area contributed by atoms with Crippen molar-refractivity contribution in [2.45, 2.75) is 51.3 Å². The minimum Gasteiger partial charge on any atom is -0.383 e. The Hall–Kier alpha value is -2.52. The predicted octanol–water partition coefficient (Wildman–Crippen LogP) is 1.33. The molecule has 0 spiro atoms. The molecule has 4 atom stereocenters. The van der Waals surface area contributed by atoms with Crippen LogP contribution in [0.25, 0.3) is 5.69 Å². The van der Waals surface area contributed by atoms with Crippen LogP contribution in [0.1, 0.15) is 38.2 Å². The van der Waals surface area contributed by atoms with E-state index in [0.29, 0.717) is 29.6 Å². The number of amides is 2. The molecule has 1 saturated heterocycles. The monoisotopic (exact) mass is 444 g/mol. The third-order valence-corrected chi connectivity index (χ3v) is 7.10. The molecule has 1 aromatic heterocycles. The van der Waals surface area contributed by atoms with E-state index in [1.54, 1.807) is 23.1 Å². The molecule has 0 radical (unpaired) electrons.